The van der Waals surface area contributed by atoms with E-state index in [1.54, 1.807) is 18.2 Å². The lowest BCUT2D eigenvalue weighted by Gasteiger charge is -2.12. The second-order valence-electron chi connectivity index (χ2n) is 3.12. The van der Waals surface area contributed by atoms with Crippen LogP contribution in [0, 0.1) is 0 Å². The summed E-state index contributed by atoms with van der Waals surface area (Å²) in [6, 6.07) is 5.12. The van der Waals surface area contributed by atoms with E-state index in [9.17, 15) is 0 Å². The highest BCUT2D eigenvalue weighted by molar-refractivity contribution is 5.62. The minimum absolute atomic E-state index is 0.0613. The molecule has 1 aromatic rings. The molecule has 0 aromatic heterocycles. The number of hydrogen-bond acceptors (Lipinski definition) is 5. The Morgan fingerprint density at radius 3 is 2.80 bits per heavy atom. The summed E-state index contributed by atoms with van der Waals surface area (Å²) in [5.74, 6) is 0.444. The summed E-state index contributed by atoms with van der Waals surface area (Å²) >= 11 is 0. The van der Waals surface area contributed by atoms with E-state index in [4.69, 9.17) is 20.7 Å². The predicted octanol–water partition coefficient (Wildman–Crippen LogP) is 0.390. The van der Waals surface area contributed by atoms with Gasteiger partial charge in [-0.3, -0.25) is 0 Å². The monoisotopic (exact) mass is 212 g/mol. The van der Waals surface area contributed by atoms with Crippen LogP contribution in [0.1, 0.15) is 6.92 Å². The average molecular weight is 212 g/mol. The Bertz CT molecular complexity index is 316. The van der Waals surface area contributed by atoms with E-state index in [-0.39, 0.29) is 6.61 Å². The maximum Gasteiger partial charge on any atom is 0.194 e. The zero-order chi connectivity index (χ0) is 11.3. The second kappa shape index (κ2) is 5.43. The van der Waals surface area contributed by atoms with Gasteiger partial charge in [0, 0.05) is 12.2 Å². The molecule has 84 valence electrons. The van der Waals surface area contributed by atoms with Gasteiger partial charge in [0.1, 0.15) is 5.75 Å². The van der Waals surface area contributed by atoms with Crippen LogP contribution in [-0.4, -0.2) is 29.7 Å². The van der Waals surface area contributed by atoms with Crippen molar-refractivity contribution < 1.29 is 14.9 Å². The van der Waals surface area contributed by atoms with Crippen molar-refractivity contribution in [3.05, 3.63) is 18.2 Å². The van der Waals surface area contributed by atoms with Crippen LogP contribution in [0.5, 0.6) is 5.75 Å². The van der Waals surface area contributed by atoms with Crippen LogP contribution in [0.4, 0.5) is 11.4 Å². The maximum absolute atomic E-state index is 9.01. The Balaban J connectivity index is 2.70. The maximum atomic E-state index is 9.01. The molecule has 0 saturated carbocycles. The third-order valence-corrected chi connectivity index (χ3v) is 1.75. The van der Waals surface area contributed by atoms with Gasteiger partial charge in [0.15, 0.2) is 6.29 Å². The molecule has 5 nitrogen and oxygen atoms in total. The first-order chi connectivity index (χ1) is 7.13. The minimum atomic E-state index is -0.886. The molecule has 0 heterocycles. The number of aliphatic hydroxyl groups is 2. The molecule has 15 heavy (non-hydrogen) atoms. The number of nitrogens with two attached hydrogens (primary N) is 1. The van der Waals surface area contributed by atoms with Gasteiger partial charge in [-0.2, -0.15) is 0 Å². The lowest BCUT2D eigenvalue weighted by Crippen LogP contribution is -2.11. The quantitative estimate of drug-likeness (QED) is 0.419. The van der Waals surface area contributed by atoms with Crippen molar-refractivity contribution in [2.45, 2.75) is 13.2 Å². The van der Waals surface area contributed by atoms with Crippen LogP contribution in [0.3, 0.4) is 0 Å². The lowest BCUT2D eigenvalue weighted by atomic mass is 10.2. The van der Waals surface area contributed by atoms with Crippen LogP contribution in [0.25, 0.3) is 0 Å². The molecular weight excluding hydrogens is 196 g/mol. The van der Waals surface area contributed by atoms with Gasteiger partial charge >= 0.3 is 0 Å². The number of rotatable bonds is 5. The van der Waals surface area contributed by atoms with Crippen LogP contribution in [-0.2, 0) is 0 Å². The Hall–Kier alpha value is -1.46. The standard InChI is InChI=1S/C10H16N2O3/c1-7(14)15-10-3-2-8(6-9(10)11)12-4-5-13/h2-3,6-7,12-14H,4-5,11H2,1H3. The largest absolute Gasteiger partial charge is 0.463 e. The number of nitrogens with one attached hydrogen (secondary N) is 1. The number of hydrogen-bond donors (Lipinski definition) is 4. The van der Waals surface area contributed by atoms with E-state index in [1.807, 2.05) is 0 Å². The Kier molecular flexibility index (Phi) is 4.20. The SMILES string of the molecule is CC(O)Oc1ccc(NCCO)cc1N. The zero-order valence-corrected chi connectivity index (χ0v) is 8.60. The molecule has 1 unspecified atom stereocenters. The molecule has 0 aliphatic rings. The number of aliphatic hydroxyl groups excluding tert-OH is 2. The van der Waals surface area contributed by atoms with E-state index in [0.717, 1.165) is 5.69 Å². The predicted molar refractivity (Wildman–Crippen MR) is 58.7 cm³/mol. The Morgan fingerprint density at radius 1 is 1.53 bits per heavy atom. The highest BCUT2D eigenvalue weighted by Gasteiger charge is 2.04. The molecule has 0 aliphatic carbocycles. The summed E-state index contributed by atoms with van der Waals surface area (Å²) in [6.07, 6.45) is -0.886. The molecule has 1 rings (SSSR count). The highest BCUT2D eigenvalue weighted by Crippen LogP contribution is 2.25. The average Bonchev–Trinajstić information content (AvgIpc) is 2.18. The molecule has 0 fully saturated rings. The molecule has 0 radical (unpaired) electrons. The normalized spacial score (nSPS) is 12.2. The van der Waals surface area contributed by atoms with Crippen molar-refractivity contribution in [1.82, 2.24) is 0 Å². The van der Waals surface area contributed by atoms with E-state index in [0.29, 0.717) is 18.0 Å². The molecule has 0 saturated heterocycles. The third kappa shape index (κ3) is 3.65. The molecule has 0 amide bonds. The van der Waals surface area contributed by atoms with Gasteiger partial charge in [-0.25, -0.2) is 0 Å². The molecule has 1 aromatic carbocycles. The van der Waals surface area contributed by atoms with Crippen LogP contribution >= 0.6 is 0 Å². The summed E-state index contributed by atoms with van der Waals surface area (Å²) in [4.78, 5) is 0. The first-order valence-corrected chi connectivity index (χ1v) is 4.72. The van der Waals surface area contributed by atoms with E-state index < -0.39 is 6.29 Å². The van der Waals surface area contributed by atoms with Gasteiger partial charge in [0.2, 0.25) is 0 Å². The molecule has 1 atom stereocenters. The summed E-state index contributed by atoms with van der Waals surface area (Å²) < 4.78 is 5.06. The van der Waals surface area contributed by atoms with Crippen molar-refractivity contribution >= 4 is 11.4 Å². The van der Waals surface area contributed by atoms with Crippen LogP contribution in [0.15, 0.2) is 18.2 Å². The second-order valence-corrected chi connectivity index (χ2v) is 3.12. The van der Waals surface area contributed by atoms with Gasteiger partial charge in [0.05, 0.1) is 12.3 Å². The highest BCUT2D eigenvalue weighted by atomic mass is 16.6. The smallest absolute Gasteiger partial charge is 0.194 e. The zero-order valence-electron chi connectivity index (χ0n) is 8.60. The van der Waals surface area contributed by atoms with Crippen molar-refractivity contribution in [2.24, 2.45) is 0 Å². The van der Waals surface area contributed by atoms with E-state index >= 15 is 0 Å². The molecule has 0 bridgehead atoms. The molecule has 0 spiro atoms. The third-order valence-electron chi connectivity index (χ3n) is 1.75. The molecule has 5 heteroatoms. The van der Waals surface area contributed by atoms with Gasteiger partial charge in [-0.15, -0.1) is 0 Å². The van der Waals surface area contributed by atoms with Crippen molar-refractivity contribution in [3.63, 3.8) is 0 Å². The van der Waals surface area contributed by atoms with Gasteiger partial charge < -0.3 is 26.0 Å². The van der Waals surface area contributed by atoms with Crippen LogP contribution < -0.4 is 15.8 Å². The van der Waals surface area contributed by atoms with Crippen molar-refractivity contribution in [1.29, 1.82) is 0 Å². The summed E-state index contributed by atoms with van der Waals surface area (Å²) in [5, 5.41) is 20.6. The summed E-state index contributed by atoms with van der Waals surface area (Å²) in [7, 11) is 0. The fourth-order valence-electron chi connectivity index (χ4n) is 1.15. The minimum Gasteiger partial charge on any atom is -0.463 e. The van der Waals surface area contributed by atoms with Gasteiger partial charge in [-0.1, -0.05) is 0 Å². The lowest BCUT2D eigenvalue weighted by molar-refractivity contribution is 0.000283. The summed E-state index contributed by atoms with van der Waals surface area (Å²) in [5.41, 5.74) is 6.95. The van der Waals surface area contributed by atoms with Crippen molar-refractivity contribution in [3.8, 4) is 5.75 Å². The molecule has 5 N–H and O–H groups in total. The van der Waals surface area contributed by atoms with Crippen LogP contribution in [0.2, 0.25) is 0 Å². The number of anilines is 2. The van der Waals surface area contributed by atoms with Gasteiger partial charge in [-0.05, 0) is 25.1 Å². The first-order valence-electron chi connectivity index (χ1n) is 4.72. The molecular formula is C10H16N2O3. The number of nitrogen functional groups attached to an aromatic ring is 1. The topological polar surface area (TPSA) is 87.7 Å². The Morgan fingerprint density at radius 2 is 2.27 bits per heavy atom. The fourth-order valence-corrected chi connectivity index (χ4v) is 1.15. The van der Waals surface area contributed by atoms with E-state index in [2.05, 4.69) is 5.32 Å². The summed E-state index contributed by atoms with van der Waals surface area (Å²) in [6.45, 7) is 2.04. The van der Waals surface area contributed by atoms with E-state index in [1.165, 1.54) is 6.92 Å². The number of ether oxygens (including phenoxy) is 1. The molecule has 0 aliphatic heterocycles. The number of benzene rings is 1. The van der Waals surface area contributed by atoms with Crippen molar-refractivity contribution in [2.75, 3.05) is 24.2 Å². The van der Waals surface area contributed by atoms with Gasteiger partial charge in [0.25, 0.3) is 0 Å². The Labute approximate surface area is 88.5 Å². The fraction of sp³-hybridized carbons (Fsp3) is 0.400. The first kappa shape index (κ1) is 11.6.